The third-order valence-corrected chi connectivity index (χ3v) is 8.74. The fourth-order valence-corrected chi connectivity index (χ4v) is 7.06. The van der Waals surface area contributed by atoms with Crippen molar-refractivity contribution in [2.75, 3.05) is 0 Å². The van der Waals surface area contributed by atoms with Gasteiger partial charge in [0, 0.05) is 48.9 Å². The highest BCUT2D eigenvalue weighted by molar-refractivity contribution is 7.26. The smallest absolute Gasteiger partial charge is 0.155 e. The van der Waals surface area contributed by atoms with Crippen LogP contribution in [0.25, 0.3) is 75.3 Å². The van der Waals surface area contributed by atoms with Crippen LogP contribution in [0.1, 0.15) is 5.48 Å². The maximum absolute atomic E-state index is 9.58. The zero-order chi connectivity index (χ0) is 29.0. The van der Waals surface area contributed by atoms with Gasteiger partial charge in [0.2, 0.25) is 0 Å². The first-order valence-corrected chi connectivity index (χ1v) is 13.6. The van der Waals surface area contributed by atoms with Crippen molar-refractivity contribution in [3.8, 4) is 11.5 Å². The molecule has 0 saturated carbocycles. The summed E-state index contributed by atoms with van der Waals surface area (Å²) < 4.78 is 42.3. The van der Waals surface area contributed by atoms with E-state index in [-0.39, 0.29) is 24.2 Å². The molecule has 0 fully saturated rings. The molecule has 0 aliphatic heterocycles. The number of rotatable bonds is 2. The fraction of sp³-hybridized carbons (Fsp3) is 0. The molecule has 0 spiro atoms. The maximum Gasteiger partial charge on any atom is 0.155 e. The van der Waals surface area contributed by atoms with Crippen molar-refractivity contribution in [2.45, 2.75) is 0 Å². The molecular weight excluding hydrogens is 494 g/mol. The number of aromatic nitrogens is 3. The monoisotopic (exact) mass is 519 g/mol. The predicted molar refractivity (Wildman–Crippen MR) is 166 cm³/mol. The average molecular weight is 520 g/mol. The highest BCUT2D eigenvalue weighted by Crippen LogP contribution is 2.41. The molecule has 0 atom stereocenters. The summed E-state index contributed by atoms with van der Waals surface area (Å²) in [6.45, 7) is 0. The average Bonchev–Trinajstić information content (AvgIpc) is 3.71. The van der Waals surface area contributed by atoms with E-state index in [0.29, 0.717) is 27.0 Å². The Hall–Kier alpha value is -4.93. The van der Waals surface area contributed by atoms with Crippen LogP contribution in [0.3, 0.4) is 0 Å². The maximum atomic E-state index is 9.58. The molecule has 0 unspecified atom stereocenters. The Balaban J connectivity index is 1.44. The second-order valence-electron chi connectivity index (χ2n) is 9.70. The van der Waals surface area contributed by atoms with E-state index in [1.165, 1.54) is 11.3 Å². The van der Waals surface area contributed by atoms with Gasteiger partial charge in [-0.1, -0.05) is 72.8 Å². The third-order valence-electron chi connectivity index (χ3n) is 7.64. The van der Waals surface area contributed by atoms with Crippen molar-refractivity contribution in [1.29, 1.82) is 0 Å². The lowest BCUT2D eigenvalue weighted by molar-refractivity contribution is 1.11. The molecule has 5 aromatic carbocycles. The Kier molecular flexibility index (Phi) is 3.51. The minimum atomic E-state index is -0.00605. The van der Waals surface area contributed by atoms with E-state index in [1.807, 2.05) is 77.4 Å². The van der Waals surface area contributed by atoms with Crippen molar-refractivity contribution >= 4 is 75.1 Å². The van der Waals surface area contributed by atoms with Crippen molar-refractivity contribution in [3.05, 3.63) is 127 Å². The molecule has 39 heavy (non-hydrogen) atoms. The molecule has 9 aromatic rings. The van der Waals surface area contributed by atoms with Crippen molar-refractivity contribution in [3.63, 3.8) is 0 Å². The van der Waals surface area contributed by atoms with E-state index in [1.54, 1.807) is 6.20 Å². The lowest BCUT2D eigenvalue weighted by atomic mass is 10.1. The molecule has 0 bridgehead atoms. The van der Waals surface area contributed by atoms with E-state index < -0.39 is 0 Å². The number of hydrogen-bond donors (Lipinski definition) is 0. The molecule has 0 aliphatic carbocycles. The highest BCUT2D eigenvalue weighted by Gasteiger charge is 2.18. The quantitative estimate of drug-likeness (QED) is 0.223. The SMILES string of the molecule is [2H]c1c(-n2c3ccccc3c3ccccc32)c([2H])c2c(sc3c(-n4c5ccccc5c5ccccc54)ncc([2H])c32)c1[2H]. The topological polar surface area (TPSA) is 22.8 Å². The lowest BCUT2D eigenvalue weighted by Crippen LogP contribution is -1.97. The van der Waals surface area contributed by atoms with Crippen LogP contribution in [0.2, 0.25) is 0 Å². The summed E-state index contributed by atoms with van der Waals surface area (Å²) in [4.78, 5) is 4.79. The van der Waals surface area contributed by atoms with Gasteiger partial charge in [-0.3, -0.25) is 4.57 Å². The van der Waals surface area contributed by atoms with Crippen LogP contribution in [-0.4, -0.2) is 14.1 Å². The van der Waals surface area contributed by atoms with Gasteiger partial charge in [-0.05, 0) is 48.4 Å². The fourth-order valence-electron chi connectivity index (χ4n) is 6.00. The van der Waals surface area contributed by atoms with Crippen LogP contribution in [0, 0.1) is 0 Å². The molecule has 4 heteroatoms. The summed E-state index contributed by atoms with van der Waals surface area (Å²) in [7, 11) is 0. The molecule has 0 saturated heterocycles. The number of pyridine rings is 1. The minimum absolute atomic E-state index is 0.00605. The first-order valence-electron chi connectivity index (χ1n) is 14.8. The number of thiophene rings is 1. The van der Waals surface area contributed by atoms with Crippen LogP contribution in [0.15, 0.2) is 127 Å². The van der Waals surface area contributed by atoms with Gasteiger partial charge in [-0.15, -0.1) is 11.3 Å². The minimum Gasteiger partial charge on any atom is -0.309 e. The van der Waals surface area contributed by atoms with E-state index in [4.69, 9.17) is 6.35 Å². The first-order chi connectivity index (χ1) is 21.0. The molecule has 0 amide bonds. The second-order valence-corrected chi connectivity index (χ2v) is 10.7. The molecule has 0 N–H and O–H groups in total. The van der Waals surface area contributed by atoms with Crippen LogP contribution < -0.4 is 0 Å². The summed E-state index contributed by atoms with van der Waals surface area (Å²) in [5, 5.41) is 5.37. The molecular formula is C35H21N3S. The summed E-state index contributed by atoms with van der Waals surface area (Å²) in [5.74, 6) is 0.661. The molecule has 4 heterocycles. The van der Waals surface area contributed by atoms with Crippen molar-refractivity contribution in [2.24, 2.45) is 0 Å². The van der Waals surface area contributed by atoms with Crippen LogP contribution in [0.4, 0.5) is 0 Å². The molecule has 4 aromatic heterocycles. The zero-order valence-electron chi connectivity index (χ0n) is 24.6. The second kappa shape index (κ2) is 7.79. The Bertz CT molecular complexity index is 2520. The molecule has 0 radical (unpaired) electrons. The van der Waals surface area contributed by atoms with Gasteiger partial charge >= 0.3 is 0 Å². The predicted octanol–water partition coefficient (Wildman–Crippen LogP) is 9.64. The molecule has 9 rings (SSSR count). The standard InChI is InChI=1S/C35H21N3S/c1-5-13-29-23(9-1)24-10-2-6-14-30(24)37(29)22-17-18-33-28(21-22)27-19-20-36-35(34(27)39-33)38-31-15-7-3-11-25(31)26-12-4-8-16-32(26)38/h1-21H/i17D,18D,19D,21D. The Morgan fingerprint density at radius 2 is 1.05 bits per heavy atom. The summed E-state index contributed by atoms with van der Waals surface area (Å²) in [6, 6.07) is 32.8. The molecule has 182 valence electrons. The van der Waals surface area contributed by atoms with Crippen LogP contribution in [0.5, 0.6) is 0 Å². The zero-order valence-corrected chi connectivity index (χ0v) is 21.4. The lowest BCUT2D eigenvalue weighted by Gasteiger charge is -2.09. The van der Waals surface area contributed by atoms with Gasteiger partial charge in [-0.2, -0.15) is 0 Å². The number of benzene rings is 5. The van der Waals surface area contributed by atoms with Gasteiger partial charge in [-0.25, -0.2) is 4.98 Å². The van der Waals surface area contributed by atoms with Gasteiger partial charge in [0.05, 0.1) is 32.2 Å². The Morgan fingerprint density at radius 3 is 1.62 bits per heavy atom. The van der Waals surface area contributed by atoms with E-state index in [9.17, 15) is 4.11 Å². The highest BCUT2D eigenvalue weighted by atomic mass is 32.1. The number of para-hydroxylation sites is 4. The largest absolute Gasteiger partial charge is 0.309 e. The van der Waals surface area contributed by atoms with Crippen LogP contribution >= 0.6 is 11.3 Å². The van der Waals surface area contributed by atoms with E-state index >= 15 is 0 Å². The number of fused-ring (bicyclic) bond motifs is 9. The first kappa shape index (κ1) is 17.6. The van der Waals surface area contributed by atoms with Crippen LogP contribution in [-0.2, 0) is 0 Å². The third kappa shape index (κ3) is 2.84. The Morgan fingerprint density at radius 1 is 0.538 bits per heavy atom. The normalized spacial score (nSPS) is 13.5. The molecule has 0 aliphatic rings. The molecule has 3 nitrogen and oxygen atoms in total. The van der Waals surface area contributed by atoms with Crippen molar-refractivity contribution < 1.29 is 5.48 Å². The number of hydrogen-bond acceptors (Lipinski definition) is 2. The van der Waals surface area contributed by atoms with Gasteiger partial charge in [0.15, 0.2) is 5.82 Å². The Labute approximate surface area is 233 Å². The van der Waals surface area contributed by atoms with Crippen molar-refractivity contribution in [1.82, 2.24) is 14.1 Å². The number of nitrogens with zero attached hydrogens (tertiary/aromatic N) is 3. The summed E-state index contributed by atoms with van der Waals surface area (Å²) in [5.41, 5.74) is 4.10. The van der Waals surface area contributed by atoms with Gasteiger partial charge in [0.25, 0.3) is 0 Å². The summed E-state index contributed by atoms with van der Waals surface area (Å²) in [6.07, 6.45) is 1.55. The van der Waals surface area contributed by atoms with E-state index in [0.717, 1.165) is 48.3 Å². The van der Waals surface area contributed by atoms with Gasteiger partial charge < -0.3 is 4.57 Å². The van der Waals surface area contributed by atoms with E-state index in [2.05, 4.69) is 28.8 Å². The van der Waals surface area contributed by atoms with Gasteiger partial charge in [0.1, 0.15) is 0 Å². The summed E-state index contributed by atoms with van der Waals surface area (Å²) >= 11 is 1.35.